The van der Waals surface area contributed by atoms with E-state index in [1.54, 1.807) is 13.8 Å². The van der Waals surface area contributed by atoms with E-state index in [1.165, 1.54) is 18.6 Å². The summed E-state index contributed by atoms with van der Waals surface area (Å²) in [6, 6.07) is 0. The number of carbonyl (C=O) groups is 1. The molecular weight excluding hydrogens is 318 g/mol. The molecule has 0 bridgehead atoms. The Bertz CT molecular complexity index is 688. The standard InChI is InChI=1S/C15H20F2N6O/c1-10-12(8-21-11(2)22-10)14(24)20-5-3-4-18-9-13-19-6-7-23(13)15(16)17/h6-8,15,18H,3-5,9H2,1-2H3,(H,20,24). The normalized spacial score (nSPS) is 11.0. The number of imidazole rings is 1. The molecule has 0 atom stereocenters. The number of carbonyl (C=O) groups excluding carboxylic acids is 1. The predicted molar refractivity (Wildman–Crippen MR) is 83.6 cm³/mol. The van der Waals surface area contributed by atoms with Crippen LogP contribution in [0.1, 0.15) is 40.7 Å². The fourth-order valence-electron chi connectivity index (χ4n) is 2.18. The maximum Gasteiger partial charge on any atom is 0.319 e. The third-order valence-corrected chi connectivity index (χ3v) is 3.40. The first-order valence-corrected chi connectivity index (χ1v) is 7.58. The molecule has 0 saturated heterocycles. The zero-order chi connectivity index (χ0) is 17.5. The molecule has 24 heavy (non-hydrogen) atoms. The van der Waals surface area contributed by atoms with Crippen LogP contribution < -0.4 is 10.6 Å². The Kier molecular flexibility index (Phi) is 6.30. The van der Waals surface area contributed by atoms with E-state index in [-0.39, 0.29) is 18.3 Å². The van der Waals surface area contributed by atoms with Gasteiger partial charge in [0.25, 0.3) is 5.91 Å². The lowest BCUT2D eigenvalue weighted by Crippen LogP contribution is -2.28. The monoisotopic (exact) mass is 338 g/mol. The van der Waals surface area contributed by atoms with Gasteiger partial charge in [-0.1, -0.05) is 0 Å². The van der Waals surface area contributed by atoms with Crippen molar-refractivity contribution in [2.24, 2.45) is 0 Å². The Labute approximate surface area is 138 Å². The highest BCUT2D eigenvalue weighted by Gasteiger charge is 2.11. The van der Waals surface area contributed by atoms with Crippen LogP contribution in [0.5, 0.6) is 0 Å². The van der Waals surface area contributed by atoms with Crippen LogP contribution in [0.2, 0.25) is 0 Å². The maximum absolute atomic E-state index is 12.6. The van der Waals surface area contributed by atoms with Gasteiger partial charge in [0.05, 0.1) is 17.8 Å². The Morgan fingerprint density at radius 1 is 1.29 bits per heavy atom. The molecule has 2 N–H and O–H groups in total. The molecular formula is C15H20F2N6O. The van der Waals surface area contributed by atoms with Crippen molar-refractivity contribution >= 4 is 5.91 Å². The Hall–Kier alpha value is -2.42. The van der Waals surface area contributed by atoms with Crippen LogP contribution in [0.15, 0.2) is 18.6 Å². The van der Waals surface area contributed by atoms with E-state index < -0.39 is 6.55 Å². The van der Waals surface area contributed by atoms with Crippen LogP contribution in [0.25, 0.3) is 0 Å². The molecule has 0 spiro atoms. The topological polar surface area (TPSA) is 84.7 Å². The van der Waals surface area contributed by atoms with E-state index >= 15 is 0 Å². The van der Waals surface area contributed by atoms with Gasteiger partial charge in [-0.15, -0.1) is 0 Å². The minimum Gasteiger partial charge on any atom is -0.352 e. The second-order valence-electron chi connectivity index (χ2n) is 5.23. The molecule has 2 aromatic heterocycles. The van der Waals surface area contributed by atoms with Gasteiger partial charge < -0.3 is 10.6 Å². The fraction of sp³-hybridized carbons (Fsp3) is 0.467. The predicted octanol–water partition coefficient (Wildman–Crippen LogP) is 1.59. The number of amides is 1. The van der Waals surface area contributed by atoms with E-state index in [1.807, 2.05) is 0 Å². The molecule has 1 amide bonds. The van der Waals surface area contributed by atoms with Crippen LogP contribution in [0.4, 0.5) is 8.78 Å². The van der Waals surface area contributed by atoms with Gasteiger partial charge in [0, 0.05) is 25.1 Å². The SMILES string of the molecule is Cc1ncc(C(=O)NCCCNCc2nccn2C(F)F)c(C)n1. The number of aromatic nitrogens is 4. The number of nitrogens with one attached hydrogen (secondary N) is 2. The molecule has 0 aliphatic carbocycles. The number of alkyl halides is 2. The molecule has 2 rings (SSSR count). The molecule has 0 saturated carbocycles. The van der Waals surface area contributed by atoms with Crippen molar-refractivity contribution in [3.05, 3.63) is 41.5 Å². The zero-order valence-electron chi connectivity index (χ0n) is 13.6. The lowest BCUT2D eigenvalue weighted by molar-refractivity contribution is 0.0666. The maximum atomic E-state index is 12.6. The average molecular weight is 338 g/mol. The molecule has 0 unspecified atom stereocenters. The van der Waals surface area contributed by atoms with Crippen molar-refractivity contribution in [1.29, 1.82) is 0 Å². The van der Waals surface area contributed by atoms with Crippen LogP contribution in [-0.2, 0) is 6.54 Å². The fourth-order valence-corrected chi connectivity index (χ4v) is 2.18. The van der Waals surface area contributed by atoms with Crippen LogP contribution in [0.3, 0.4) is 0 Å². The van der Waals surface area contributed by atoms with Crippen molar-refractivity contribution < 1.29 is 13.6 Å². The van der Waals surface area contributed by atoms with Gasteiger partial charge >= 0.3 is 6.55 Å². The van der Waals surface area contributed by atoms with E-state index in [2.05, 4.69) is 25.6 Å². The summed E-state index contributed by atoms with van der Waals surface area (Å²) in [5.74, 6) is 0.678. The van der Waals surface area contributed by atoms with Crippen LogP contribution in [0, 0.1) is 13.8 Å². The summed E-state index contributed by atoms with van der Waals surface area (Å²) in [6.07, 6.45) is 4.76. The highest BCUT2D eigenvalue weighted by atomic mass is 19.3. The summed E-state index contributed by atoms with van der Waals surface area (Å²) < 4.78 is 26.1. The van der Waals surface area contributed by atoms with E-state index in [0.717, 1.165) is 4.57 Å². The number of rotatable bonds is 8. The molecule has 9 heteroatoms. The number of hydrogen-bond donors (Lipinski definition) is 2. The molecule has 0 aliphatic heterocycles. The van der Waals surface area contributed by atoms with Crippen molar-refractivity contribution in [1.82, 2.24) is 30.2 Å². The minimum atomic E-state index is -2.59. The molecule has 7 nitrogen and oxygen atoms in total. The summed E-state index contributed by atoms with van der Waals surface area (Å²) in [6.45, 7) is 2.21. The second-order valence-corrected chi connectivity index (χ2v) is 5.23. The highest BCUT2D eigenvalue weighted by Crippen LogP contribution is 2.11. The molecule has 130 valence electrons. The minimum absolute atomic E-state index is 0.222. The van der Waals surface area contributed by atoms with Gasteiger partial charge in [-0.2, -0.15) is 8.78 Å². The first kappa shape index (κ1) is 17.9. The molecule has 0 aromatic carbocycles. The Morgan fingerprint density at radius 2 is 2.08 bits per heavy atom. The van der Waals surface area contributed by atoms with Gasteiger partial charge in [-0.25, -0.2) is 15.0 Å². The summed E-state index contributed by atoms with van der Waals surface area (Å²) in [5.41, 5.74) is 1.09. The van der Waals surface area contributed by atoms with Crippen molar-refractivity contribution in [3.8, 4) is 0 Å². The highest BCUT2D eigenvalue weighted by molar-refractivity contribution is 5.94. The molecule has 0 aliphatic rings. The number of aryl methyl sites for hydroxylation is 2. The quantitative estimate of drug-likeness (QED) is 0.714. The zero-order valence-corrected chi connectivity index (χ0v) is 13.6. The molecule has 0 radical (unpaired) electrons. The second kappa shape index (κ2) is 8.44. The lowest BCUT2D eigenvalue weighted by atomic mass is 10.2. The summed E-state index contributed by atoms with van der Waals surface area (Å²) in [7, 11) is 0. The molecule has 0 fully saturated rings. The van der Waals surface area contributed by atoms with Crippen LogP contribution >= 0.6 is 0 Å². The average Bonchev–Trinajstić information content (AvgIpc) is 2.99. The first-order chi connectivity index (χ1) is 11.5. The third-order valence-electron chi connectivity index (χ3n) is 3.40. The van der Waals surface area contributed by atoms with Gasteiger partial charge in [0.15, 0.2) is 0 Å². The van der Waals surface area contributed by atoms with Crippen LogP contribution in [-0.4, -0.2) is 38.5 Å². The van der Waals surface area contributed by atoms with E-state index in [4.69, 9.17) is 0 Å². The molecule has 2 aromatic rings. The first-order valence-electron chi connectivity index (χ1n) is 7.58. The third kappa shape index (κ3) is 4.79. The number of hydrogen-bond acceptors (Lipinski definition) is 5. The smallest absolute Gasteiger partial charge is 0.319 e. The Morgan fingerprint density at radius 3 is 2.79 bits per heavy atom. The number of halogens is 2. The van der Waals surface area contributed by atoms with Gasteiger partial charge in [-0.05, 0) is 26.8 Å². The van der Waals surface area contributed by atoms with Crippen molar-refractivity contribution in [2.75, 3.05) is 13.1 Å². The summed E-state index contributed by atoms with van der Waals surface area (Å²) >= 11 is 0. The lowest BCUT2D eigenvalue weighted by Gasteiger charge is -2.09. The van der Waals surface area contributed by atoms with Gasteiger partial charge in [0.1, 0.15) is 11.6 Å². The largest absolute Gasteiger partial charge is 0.352 e. The summed E-state index contributed by atoms with van der Waals surface area (Å²) in [5, 5.41) is 5.81. The van der Waals surface area contributed by atoms with E-state index in [9.17, 15) is 13.6 Å². The van der Waals surface area contributed by atoms with E-state index in [0.29, 0.717) is 36.6 Å². The summed E-state index contributed by atoms with van der Waals surface area (Å²) in [4.78, 5) is 24.0. The molecule has 2 heterocycles. The van der Waals surface area contributed by atoms with Crippen molar-refractivity contribution in [3.63, 3.8) is 0 Å². The number of nitrogens with zero attached hydrogens (tertiary/aromatic N) is 4. The Balaban J connectivity index is 1.68. The van der Waals surface area contributed by atoms with Gasteiger partial charge in [0.2, 0.25) is 0 Å². The van der Waals surface area contributed by atoms with Gasteiger partial charge in [-0.3, -0.25) is 9.36 Å². The van der Waals surface area contributed by atoms with Crippen molar-refractivity contribution in [2.45, 2.75) is 33.4 Å².